The summed E-state index contributed by atoms with van der Waals surface area (Å²) in [7, 11) is 0. The molecule has 2 heteroatoms. The van der Waals surface area contributed by atoms with E-state index in [1.54, 1.807) is 0 Å². The Morgan fingerprint density at radius 3 is 2.25 bits per heavy atom. The number of carbonyl (C=O) groups excluding carboxylic acids is 1. The van der Waals surface area contributed by atoms with E-state index in [0.717, 1.165) is 19.4 Å². The van der Waals surface area contributed by atoms with Gasteiger partial charge in [0.2, 0.25) is 6.41 Å². The lowest BCUT2D eigenvalue weighted by Crippen LogP contribution is -2.11. The Morgan fingerprint density at radius 2 is 1.67 bits per heavy atom. The zero-order valence-corrected chi connectivity index (χ0v) is 8.14. The van der Waals surface area contributed by atoms with Crippen molar-refractivity contribution in [2.75, 3.05) is 6.54 Å². The van der Waals surface area contributed by atoms with Crippen LogP contribution in [0, 0.1) is 0 Å². The van der Waals surface area contributed by atoms with Crippen LogP contribution in [0.4, 0.5) is 0 Å². The van der Waals surface area contributed by atoms with Crippen LogP contribution >= 0.6 is 0 Å². The fraction of sp³-hybridized carbons (Fsp3) is 0.900. The van der Waals surface area contributed by atoms with Crippen molar-refractivity contribution in [3.8, 4) is 0 Å². The van der Waals surface area contributed by atoms with Crippen molar-refractivity contribution in [2.45, 2.75) is 51.9 Å². The Hall–Kier alpha value is -0.530. The summed E-state index contributed by atoms with van der Waals surface area (Å²) in [6.07, 6.45) is 9.89. The molecule has 0 heterocycles. The normalized spacial score (nSPS) is 9.75. The molecule has 0 aliphatic carbocycles. The number of carbonyl (C=O) groups is 1. The molecule has 0 aromatic rings. The minimum Gasteiger partial charge on any atom is -0.359 e. The second-order valence-corrected chi connectivity index (χ2v) is 3.19. The first kappa shape index (κ1) is 11.5. The van der Waals surface area contributed by atoms with E-state index in [2.05, 4.69) is 12.2 Å². The zero-order chi connectivity index (χ0) is 9.07. The van der Waals surface area contributed by atoms with Gasteiger partial charge in [-0.25, -0.2) is 0 Å². The van der Waals surface area contributed by atoms with Gasteiger partial charge in [0.1, 0.15) is 0 Å². The molecule has 0 rings (SSSR count). The lowest BCUT2D eigenvalue weighted by Gasteiger charge is -1.99. The number of unbranched alkanes of at least 4 members (excludes halogenated alkanes) is 6. The standard InChI is InChI=1S/C10H21NO.H2/c1-2-3-4-5-6-7-8-9-11-10-12;/h10H,2-9H2,1H3,(H,11,12);1H. The first-order valence-electron chi connectivity index (χ1n) is 5.09. The second kappa shape index (κ2) is 10.5. The van der Waals surface area contributed by atoms with Gasteiger partial charge in [0.25, 0.3) is 0 Å². The van der Waals surface area contributed by atoms with Gasteiger partial charge in [-0.3, -0.25) is 4.79 Å². The predicted molar refractivity (Wildman–Crippen MR) is 54.2 cm³/mol. The Kier molecular flexibility index (Phi) is 10.0. The minimum absolute atomic E-state index is 0. The highest BCUT2D eigenvalue weighted by molar-refractivity contribution is 5.45. The van der Waals surface area contributed by atoms with Gasteiger partial charge in [-0.15, -0.1) is 0 Å². The Balaban J connectivity index is 0. The third-order valence-electron chi connectivity index (χ3n) is 2.01. The van der Waals surface area contributed by atoms with Crippen LogP contribution in [-0.2, 0) is 4.79 Å². The van der Waals surface area contributed by atoms with Crippen LogP contribution in [0.3, 0.4) is 0 Å². The molecular weight excluding hydrogens is 150 g/mol. The summed E-state index contributed by atoms with van der Waals surface area (Å²) in [5.74, 6) is 0. The Bertz CT molecular complexity index is 98.9. The number of rotatable bonds is 9. The van der Waals surface area contributed by atoms with E-state index in [-0.39, 0.29) is 1.43 Å². The maximum Gasteiger partial charge on any atom is 0.207 e. The third kappa shape index (κ3) is 9.47. The first-order valence-corrected chi connectivity index (χ1v) is 5.09. The summed E-state index contributed by atoms with van der Waals surface area (Å²) >= 11 is 0. The summed E-state index contributed by atoms with van der Waals surface area (Å²) < 4.78 is 0. The van der Waals surface area contributed by atoms with Crippen molar-refractivity contribution < 1.29 is 6.22 Å². The van der Waals surface area contributed by atoms with Gasteiger partial charge in [-0.05, 0) is 6.42 Å². The lowest BCUT2D eigenvalue weighted by molar-refractivity contribution is -0.109. The van der Waals surface area contributed by atoms with Crippen LogP contribution in [0.25, 0.3) is 0 Å². The predicted octanol–water partition coefficient (Wildman–Crippen LogP) is 2.73. The van der Waals surface area contributed by atoms with Crippen molar-refractivity contribution in [2.24, 2.45) is 0 Å². The molecule has 0 fully saturated rings. The lowest BCUT2D eigenvalue weighted by atomic mass is 10.1. The highest BCUT2D eigenvalue weighted by atomic mass is 16.1. The monoisotopic (exact) mass is 173 g/mol. The van der Waals surface area contributed by atoms with Gasteiger partial charge in [-0.2, -0.15) is 0 Å². The van der Waals surface area contributed by atoms with Crippen LogP contribution in [0.2, 0.25) is 0 Å². The number of hydrogen-bond donors (Lipinski definition) is 1. The van der Waals surface area contributed by atoms with Crippen LogP contribution in [-0.4, -0.2) is 13.0 Å². The van der Waals surface area contributed by atoms with Gasteiger partial charge >= 0.3 is 0 Å². The van der Waals surface area contributed by atoms with E-state index in [0.29, 0.717) is 0 Å². The van der Waals surface area contributed by atoms with Crippen molar-refractivity contribution >= 4 is 6.41 Å². The van der Waals surface area contributed by atoms with Gasteiger partial charge in [0.05, 0.1) is 0 Å². The third-order valence-corrected chi connectivity index (χ3v) is 2.01. The van der Waals surface area contributed by atoms with E-state index in [9.17, 15) is 4.79 Å². The average Bonchev–Trinajstić information content (AvgIpc) is 2.10. The molecule has 2 nitrogen and oxygen atoms in total. The fourth-order valence-electron chi connectivity index (χ4n) is 1.24. The highest BCUT2D eigenvalue weighted by Crippen LogP contribution is 2.05. The molecule has 0 aromatic heterocycles. The van der Waals surface area contributed by atoms with E-state index < -0.39 is 0 Å². The molecule has 1 amide bonds. The van der Waals surface area contributed by atoms with Crippen LogP contribution in [0.5, 0.6) is 0 Å². The number of nitrogens with one attached hydrogen (secondary N) is 1. The summed E-state index contributed by atoms with van der Waals surface area (Å²) in [5.41, 5.74) is 0. The zero-order valence-electron chi connectivity index (χ0n) is 8.14. The molecule has 0 radical (unpaired) electrons. The largest absolute Gasteiger partial charge is 0.359 e. The van der Waals surface area contributed by atoms with Gasteiger partial charge in [0, 0.05) is 7.97 Å². The fourth-order valence-corrected chi connectivity index (χ4v) is 1.24. The Labute approximate surface area is 77.2 Å². The highest BCUT2D eigenvalue weighted by Gasteiger charge is 1.89. The summed E-state index contributed by atoms with van der Waals surface area (Å²) in [5, 5.41) is 2.67. The smallest absolute Gasteiger partial charge is 0.207 e. The van der Waals surface area contributed by atoms with E-state index >= 15 is 0 Å². The van der Waals surface area contributed by atoms with Crippen molar-refractivity contribution in [1.82, 2.24) is 5.32 Å². The second-order valence-electron chi connectivity index (χ2n) is 3.19. The van der Waals surface area contributed by atoms with Crippen LogP contribution in [0.15, 0.2) is 0 Å². The molecule has 1 N–H and O–H groups in total. The molecule has 0 spiro atoms. The first-order chi connectivity index (χ1) is 5.91. The maximum absolute atomic E-state index is 9.87. The van der Waals surface area contributed by atoms with Gasteiger partial charge in [-0.1, -0.05) is 45.4 Å². The maximum atomic E-state index is 9.87. The van der Waals surface area contributed by atoms with Crippen molar-refractivity contribution in [1.29, 1.82) is 0 Å². The van der Waals surface area contributed by atoms with Crippen LogP contribution < -0.4 is 5.32 Å². The van der Waals surface area contributed by atoms with E-state index in [1.165, 1.54) is 38.5 Å². The van der Waals surface area contributed by atoms with Gasteiger partial charge in [0.15, 0.2) is 0 Å². The summed E-state index contributed by atoms with van der Waals surface area (Å²) in [6.45, 7) is 3.07. The van der Waals surface area contributed by atoms with E-state index in [4.69, 9.17) is 0 Å². The van der Waals surface area contributed by atoms with Crippen molar-refractivity contribution in [3.05, 3.63) is 0 Å². The van der Waals surface area contributed by atoms with E-state index in [1.807, 2.05) is 0 Å². The topological polar surface area (TPSA) is 29.1 Å². The molecule has 0 aliphatic heterocycles. The molecule has 12 heavy (non-hydrogen) atoms. The minimum atomic E-state index is 0. The molecule has 0 saturated heterocycles. The molecular formula is C10H23NO. The van der Waals surface area contributed by atoms with Crippen LogP contribution in [0.1, 0.15) is 53.3 Å². The Morgan fingerprint density at radius 1 is 1.08 bits per heavy atom. The molecule has 0 atom stereocenters. The summed E-state index contributed by atoms with van der Waals surface area (Å²) in [6, 6.07) is 0. The summed E-state index contributed by atoms with van der Waals surface area (Å²) in [4.78, 5) is 9.87. The molecule has 74 valence electrons. The SMILES string of the molecule is CCCCCCCCCNC=O.[HH]. The number of amides is 1. The molecule has 0 saturated carbocycles. The van der Waals surface area contributed by atoms with Crippen molar-refractivity contribution in [3.63, 3.8) is 0 Å². The molecule has 0 aromatic carbocycles. The number of hydrogen-bond acceptors (Lipinski definition) is 1. The van der Waals surface area contributed by atoms with Gasteiger partial charge < -0.3 is 5.32 Å². The average molecular weight is 173 g/mol. The molecule has 0 bridgehead atoms. The molecule has 0 aliphatic rings. The quantitative estimate of drug-likeness (QED) is 0.421. The molecule has 0 unspecified atom stereocenters.